The summed E-state index contributed by atoms with van der Waals surface area (Å²) in [5.74, 6) is -0.254. The number of hydrogen-bond acceptors (Lipinski definition) is 4. The molecule has 2 aromatic rings. The van der Waals surface area contributed by atoms with Gasteiger partial charge >= 0.3 is 0 Å². The highest BCUT2D eigenvalue weighted by atomic mass is 16.2. The van der Waals surface area contributed by atoms with Gasteiger partial charge in [-0.15, -0.1) is 0 Å². The molecule has 0 aliphatic heterocycles. The summed E-state index contributed by atoms with van der Waals surface area (Å²) in [6.07, 6.45) is 7.99. The second-order valence-corrected chi connectivity index (χ2v) is 5.04. The zero-order valence-electron chi connectivity index (χ0n) is 12.7. The van der Waals surface area contributed by atoms with Crippen LogP contribution in [-0.4, -0.2) is 31.8 Å². The quantitative estimate of drug-likeness (QED) is 0.739. The average molecular weight is 303 g/mol. The topological polar surface area (TPSA) is 81.8 Å². The Kier molecular flexibility index (Phi) is 5.88. The normalized spacial score (nSPS) is 10.6. The molecule has 22 heavy (non-hydrogen) atoms. The Morgan fingerprint density at radius 3 is 2.86 bits per heavy atom. The first-order valence-electron chi connectivity index (χ1n) is 7.53. The van der Waals surface area contributed by atoms with Crippen LogP contribution in [0.15, 0.2) is 35.6 Å². The number of hydrogen-bond donors (Lipinski definition) is 1. The number of carbonyl (C=O) groups excluding carboxylic acids is 1. The fourth-order valence-electron chi connectivity index (χ4n) is 2.01. The van der Waals surface area contributed by atoms with Gasteiger partial charge in [-0.05, 0) is 18.9 Å². The highest BCUT2D eigenvalue weighted by Gasteiger charge is 2.08. The van der Waals surface area contributed by atoms with Crippen molar-refractivity contribution in [2.75, 3.05) is 6.54 Å². The van der Waals surface area contributed by atoms with Crippen LogP contribution in [0.25, 0.3) is 0 Å². The number of carbonyl (C=O) groups is 1. The van der Waals surface area contributed by atoms with Crippen LogP contribution >= 0.6 is 0 Å². The van der Waals surface area contributed by atoms with Gasteiger partial charge < -0.3 is 9.88 Å². The molecule has 2 heterocycles. The highest BCUT2D eigenvalue weighted by Crippen LogP contribution is 1.95. The van der Waals surface area contributed by atoms with E-state index in [1.807, 2.05) is 17.7 Å². The van der Waals surface area contributed by atoms with E-state index >= 15 is 0 Å². The maximum absolute atomic E-state index is 12.0. The predicted octanol–water partition coefficient (Wildman–Crippen LogP) is 1.06. The first-order chi connectivity index (χ1) is 10.7. The number of nitrogens with one attached hydrogen (secondary N) is 1. The molecule has 0 aliphatic rings. The minimum atomic E-state index is -0.254. The van der Waals surface area contributed by atoms with Crippen molar-refractivity contribution in [2.24, 2.45) is 0 Å². The van der Waals surface area contributed by atoms with Gasteiger partial charge in [-0.25, -0.2) is 9.67 Å². The Morgan fingerprint density at radius 1 is 1.27 bits per heavy atom. The molecule has 0 aliphatic carbocycles. The van der Waals surface area contributed by atoms with Crippen LogP contribution < -0.4 is 10.9 Å². The summed E-state index contributed by atoms with van der Waals surface area (Å²) in [7, 11) is 0. The number of nitrogens with zero attached hydrogens (tertiary/aromatic N) is 4. The number of aryl methyl sites for hydroxylation is 2. The summed E-state index contributed by atoms with van der Waals surface area (Å²) < 4.78 is 3.30. The number of imidazole rings is 1. The van der Waals surface area contributed by atoms with Crippen molar-refractivity contribution in [3.8, 4) is 0 Å². The molecule has 7 heteroatoms. The Hall–Kier alpha value is -2.44. The molecule has 118 valence electrons. The van der Waals surface area contributed by atoms with Crippen molar-refractivity contribution in [2.45, 2.75) is 39.3 Å². The van der Waals surface area contributed by atoms with E-state index in [2.05, 4.69) is 15.4 Å². The lowest BCUT2D eigenvalue weighted by atomic mass is 10.3. The molecular weight excluding hydrogens is 282 g/mol. The van der Waals surface area contributed by atoms with Crippen molar-refractivity contribution in [3.63, 3.8) is 0 Å². The molecule has 0 fully saturated rings. The van der Waals surface area contributed by atoms with Crippen molar-refractivity contribution in [3.05, 3.63) is 46.9 Å². The Bertz CT molecular complexity index is 648. The van der Waals surface area contributed by atoms with E-state index in [-0.39, 0.29) is 17.2 Å². The number of amides is 1. The molecule has 2 aromatic heterocycles. The van der Waals surface area contributed by atoms with E-state index in [9.17, 15) is 9.59 Å². The Balaban J connectivity index is 1.85. The van der Waals surface area contributed by atoms with E-state index in [0.29, 0.717) is 13.1 Å². The van der Waals surface area contributed by atoms with Crippen molar-refractivity contribution >= 4 is 5.91 Å². The van der Waals surface area contributed by atoms with Gasteiger partial charge in [-0.3, -0.25) is 9.59 Å². The molecule has 0 saturated carbocycles. The van der Waals surface area contributed by atoms with Gasteiger partial charge in [0.15, 0.2) is 0 Å². The average Bonchev–Trinajstić information content (AvgIpc) is 3.04. The van der Waals surface area contributed by atoms with Gasteiger partial charge in [-0.2, -0.15) is 5.10 Å². The SMILES string of the molecule is CCCCn1nc(C(=O)NCCCn2ccnc2)ccc1=O. The molecule has 1 N–H and O–H groups in total. The van der Waals surface area contributed by atoms with E-state index in [1.165, 1.54) is 16.8 Å². The fourth-order valence-corrected chi connectivity index (χ4v) is 2.01. The smallest absolute Gasteiger partial charge is 0.271 e. The monoisotopic (exact) mass is 303 g/mol. The van der Waals surface area contributed by atoms with Crippen LogP contribution in [0.4, 0.5) is 0 Å². The second kappa shape index (κ2) is 8.11. The largest absolute Gasteiger partial charge is 0.351 e. The van der Waals surface area contributed by atoms with Crippen molar-refractivity contribution in [1.82, 2.24) is 24.6 Å². The Labute approximate surface area is 129 Å². The number of unbranched alkanes of at least 4 members (excludes halogenated alkanes) is 1. The van der Waals surface area contributed by atoms with Crippen LogP contribution in [0.3, 0.4) is 0 Å². The third-order valence-corrected chi connectivity index (χ3v) is 3.26. The van der Waals surface area contributed by atoms with Gasteiger partial charge in [0.1, 0.15) is 5.69 Å². The van der Waals surface area contributed by atoms with Crippen LogP contribution in [0.5, 0.6) is 0 Å². The minimum Gasteiger partial charge on any atom is -0.351 e. The summed E-state index contributed by atoms with van der Waals surface area (Å²) >= 11 is 0. The van der Waals surface area contributed by atoms with Gasteiger partial charge in [0, 0.05) is 38.1 Å². The molecule has 1 amide bonds. The van der Waals surface area contributed by atoms with E-state index in [1.54, 1.807) is 12.5 Å². The maximum Gasteiger partial charge on any atom is 0.271 e. The molecule has 0 bridgehead atoms. The molecule has 0 aromatic carbocycles. The summed E-state index contributed by atoms with van der Waals surface area (Å²) in [5, 5.41) is 6.93. The van der Waals surface area contributed by atoms with Crippen LogP contribution in [0.2, 0.25) is 0 Å². The lowest BCUT2D eigenvalue weighted by Gasteiger charge is -2.07. The standard InChI is InChI=1S/C15H21N5O2/c1-2-3-10-20-14(21)6-5-13(18-20)15(22)17-7-4-9-19-11-8-16-12-19/h5-6,8,11-12H,2-4,7,9-10H2,1H3,(H,17,22). The third kappa shape index (κ3) is 4.54. The van der Waals surface area contributed by atoms with Crippen molar-refractivity contribution in [1.29, 1.82) is 0 Å². The fraction of sp³-hybridized carbons (Fsp3) is 0.467. The first kappa shape index (κ1) is 15.9. The number of aromatic nitrogens is 4. The lowest BCUT2D eigenvalue weighted by Crippen LogP contribution is -2.30. The van der Waals surface area contributed by atoms with Crippen LogP contribution in [0, 0.1) is 0 Å². The summed E-state index contributed by atoms with van der Waals surface area (Å²) in [6.45, 7) is 3.93. The van der Waals surface area contributed by atoms with Gasteiger partial charge in [0.2, 0.25) is 0 Å². The molecular formula is C15H21N5O2. The zero-order chi connectivity index (χ0) is 15.8. The molecule has 7 nitrogen and oxygen atoms in total. The lowest BCUT2D eigenvalue weighted by molar-refractivity contribution is 0.0945. The summed E-state index contributed by atoms with van der Waals surface area (Å²) in [6, 6.07) is 2.86. The van der Waals surface area contributed by atoms with E-state index < -0.39 is 0 Å². The molecule has 0 saturated heterocycles. The maximum atomic E-state index is 12.0. The van der Waals surface area contributed by atoms with Gasteiger partial charge in [-0.1, -0.05) is 13.3 Å². The molecule has 0 radical (unpaired) electrons. The molecule has 0 atom stereocenters. The van der Waals surface area contributed by atoms with E-state index in [0.717, 1.165) is 25.8 Å². The Morgan fingerprint density at radius 2 is 2.14 bits per heavy atom. The third-order valence-electron chi connectivity index (χ3n) is 3.26. The number of rotatable bonds is 8. The predicted molar refractivity (Wildman–Crippen MR) is 82.6 cm³/mol. The van der Waals surface area contributed by atoms with Crippen LogP contribution in [0.1, 0.15) is 36.7 Å². The summed E-state index contributed by atoms with van der Waals surface area (Å²) in [4.78, 5) is 27.6. The van der Waals surface area contributed by atoms with Crippen molar-refractivity contribution < 1.29 is 4.79 Å². The zero-order valence-corrected chi connectivity index (χ0v) is 12.7. The second-order valence-electron chi connectivity index (χ2n) is 5.04. The highest BCUT2D eigenvalue weighted by molar-refractivity contribution is 5.91. The molecule has 0 unspecified atom stereocenters. The van der Waals surface area contributed by atoms with Gasteiger partial charge in [0.05, 0.1) is 6.33 Å². The molecule has 0 spiro atoms. The molecule has 2 rings (SSSR count). The van der Waals surface area contributed by atoms with Gasteiger partial charge in [0.25, 0.3) is 11.5 Å². The first-order valence-corrected chi connectivity index (χ1v) is 7.53. The van der Waals surface area contributed by atoms with E-state index in [4.69, 9.17) is 0 Å². The minimum absolute atomic E-state index is 0.176. The summed E-state index contributed by atoms with van der Waals surface area (Å²) in [5.41, 5.74) is 0.100. The van der Waals surface area contributed by atoms with Crippen LogP contribution in [-0.2, 0) is 13.1 Å².